The molecule has 0 fully saturated rings. The zero-order valence-electron chi connectivity index (χ0n) is 10.6. The van der Waals surface area contributed by atoms with Crippen molar-refractivity contribution in [2.45, 2.75) is 33.2 Å². The van der Waals surface area contributed by atoms with Gasteiger partial charge >= 0.3 is 0 Å². The van der Waals surface area contributed by atoms with Gasteiger partial charge in [0.2, 0.25) is 0 Å². The molecule has 0 atom stereocenters. The van der Waals surface area contributed by atoms with E-state index in [-0.39, 0.29) is 0 Å². The first-order valence-electron chi connectivity index (χ1n) is 6.06. The quantitative estimate of drug-likeness (QED) is 0.880. The minimum Gasteiger partial charge on any atom is -0.490 e. The van der Waals surface area contributed by atoms with Crippen LogP contribution < -0.4 is 10.5 Å². The first-order valence-corrected chi connectivity index (χ1v) is 6.06. The van der Waals surface area contributed by atoms with Crippen LogP contribution in [0.5, 0.6) is 5.75 Å². The fraction of sp³-hybridized carbons (Fsp3) is 0.429. The minimum atomic E-state index is 0.395. The molecule has 0 aliphatic carbocycles. The molecule has 0 aliphatic heterocycles. The highest BCUT2D eigenvalue weighted by Gasteiger charge is 2.18. The van der Waals surface area contributed by atoms with E-state index in [0.717, 1.165) is 22.5 Å². The third-order valence-corrected chi connectivity index (χ3v) is 2.86. The van der Waals surface area contributed by atoms with E-state index in [0.29, 0.717) is 19.1 Å². The fourth-order valence-corrected chi connectivity index (χ4v) is 2.22. The van der Waals surface area contributed by atoms with Crippen LogP contribution in [-0.4, -0.2) is 6.61 Å². The minimum absolute atomic E-state index is 0.395. The molecule has 92 valence electrons. The molecule has 0 spiro atoms. The Labute approximate surface area is 102 Å². The maximum atomic E-state index is 5.84. The summed E-state index contributed by atoms with van der Waals surface area (Å²) in [5.74, 6) is 2.06. The summed E-state index contributed by atoms with van der Waals surface area (Å²) in [7, 11) is 0. The van der Waals surface area contributed by atoms with E-state index in [4.69, 9.17) is 14.9 Å². The van der Waals surface area contributed by atoms with Crippen molar-refractivity contribution >= 4 is 11.0 Å². The number of hydrogen-bond acceptors (Lipinski definition) is 3. The lowest BCUT2D eigenvalue weighted by atomic mass is 9.99. The first kappa shape index (κ1) is 12.0. The summed E-state index contributed by atoms with van der Waals surface area (Å²) in [6, 6.07) is 5.99. The fourth-order valence-electron chi connectivity index (χ4n) is 2.22. The van der Waals surface area contributed by atoms with Gasteiger partial charge in [-0.1, -0.05) is 26.0 Å². The lowest BCUT2D eigenvalue weighted by Gasteiger charge is -2.05. The SMILES string of the molecule is CCOc1cccc2c(C(C)C)c(CN)oc12. The number of hydrogen-bond donors (Lipinski definition) is 1. The van der Waals surface area contributed by atoms with Crippen molar-refractivity contribution in [1.82, 2.24) is 0 Å². The Balaban J connectivity index is 2.68. The van der Waals surface area contributed by atoms with Crippen LogP contribution in [-0.2, 0) is 6.54 Å². The van der Waals surface area contributed by atoms with Crippen LogP contribution in [0.4, 0.5) is 0 Å². The average Bonchev–Trinajstić information content (AvgIpc) is 2.69. The van der Waals surface area contributed by atoms with Crippen molar-refractivity contribution in [3.8, 4) is 5.75 Å². The van der Waals surface area contributed by atoms with E-state index in [1.165, 1.54) is 5.56 Å². The first-order chi connectivity index (χ1) is 8.19. The Morgan fingerprint density at radius 3 is 2.71 bits per heavy atom. The molecule has 3 nitrogen and oxygen atoms in total. The van der Waals surface area contributed by atoms with Crippen LogP contribution in [0.2, 0.25) is 0 Å². The second kappa shape index (κ2) is 4.80. The van der Waals surface area contributed by atoms with E-state index < -0.39 is 0 Å². The summed E-state index contributed by atoms with van der Waals surface area (Å²) in [6.07, 6.45) is 0. The van der Waals surface area contributed by atoms with Crippen LogP contribution in [0.1, 0.15) is 38.0 Å². The highest BCUT2D eigenvalue weighted by molar-refractivity contribution is 5.87. The molecule has 1 heterocycles. The topological polar surface area (TPSA) is 48.4 Å². The predicted molar refractivity (Wildman–Crippen MR) is 69.4 cm³/mol. The molecule has 0 radical (unpaired) electrons. The van der Waals surface area contributed by atoms with Crippen molar-refractivity contribution in [3.05, 3.63) is 29.5 Å². The molecule has 2 aromatic rings. The van der Waals surface area contributed by atoms with Gasteiger partial charge in [0.1, 0.15) is 5.76 Å². The van der Waals surface area contributed by atoms with E-state index in [2.05, 4.69) is 19.9 Å². The van der Waals surface area contributed by atoms with Gasteiger partial charge in [-0.2, -0.15) is 0 Å². The largest absolute Gasteiger partial charge is 0.490 e. The molecule has 0 aliphatic rings. The molecular weight excluding hydrogens is 214 g/mol. The maximum Gasteiger partial charge on any atom is 0.176 e. The van der Waals surface area contributed by atoms with Gasteiger partial charge in [0.15, 0.2) is 11.3 Å². The number of benzene rings is 1. The molecule has 1 aromatic heterocycles. The molecule has 2 N–H and O–H groups in total. The van der Waals surface area contributed by atoms with Crippen molar-refractivity contribution in [2.24, 2.45) is 5.73 Å². The molecule has 3 heteroatoms. The molecule has 0 unspecified atom stereocenters. The van der Waals surface area contributed by atoms with Crippen LogP contribution in [0.25, 0.3) is 11.0 Å². The number of nitrogens with two attached hydrogens (primary N) is 1. The van der Waals surface area contributed by atoms with E-state index >= 15 is 0 Å². The summed E-state index contributed by atoms with van der Waals surface area (Å²) in [4.78, 5) is 0. The van der Waals surface area contributed by atoms with Gasteiger partial charge in [-0.15, -0.1) is 0 Å². The van der Waals surface area contributed by atoms with Crippen LogP contribution >= 0.6 is 0 Å². The van der Waals surface area contributed by atoms with Gasteiger partial charge < -0.3 is 14.9 Å². The standard InChI is InChI=1S/C14H19NO2/c1-4-16-11-7-5-6-10-13(9(2)3)12(8-15)17-14(10)11/h5-7,9H,4,8,15H2,1-3H3. The second-order valence-electron chi connectivity index (χ2n) is 4.36. The zero-order chi connectivity index (χ0) is 12.4. The summed E-state index contributed by atoms with van der Waals surface area (Å²) in [6.45, 7) is 7.32. The lowest BCUT2D eigenvalue weighted by Crippen LogP contribution is -1.99. The Bertz CT molecular complexity index is 514. The molecule has 2 rings (SSSR count). The van der Waals surface area contributed by atoms with E-state index in [9.17, 15) is 0 Å². The third-order valence-electron chi connectivity index (χ3n) is 2.86. The molecule has 0 bridgehead atoms. The van der Waals surface area contributed by atoms with E-state index in [1.54, 1.807) is 0 Å². The summed E-state index contributed by atoms with van der Waals surface area (Å²) in [5.41, 5.74) is 7.76. The van der Waals surface area contributed by atoms with Gasteiger partial charge in [-0.25, -0.2) is 0 Å². The molecule has 1 aromatic carbocycles. The van der Waals surface area contributed by atoms with Gasteiger partial charge in [0.25, 0.3) is 0 Å². The lowest BCUT2D eigenvalue weighted by molar-refractivity contribution is 0.337. The highest BCUT2D eigenvalue weighted by atomic mass is 16.5. The zero-order valence-corrected chi connectivity index (χ0v) is 10.6. The predicted octanol–water partition coefficient (Wildman–Crippen LogP) is 3.41. The van der Waals surface area contributed by atoms with Crippen LogP contribution in [0, 0.1) is 0 Å². The average molecular weight is 233 g/mol. The van der Waals surface area contributed by atoms with Crippen molar-refractivity contribution in [1.29, 1.82) is 0 Å². The normalized spacial score (nSPS) is 11.4. The summed E-state index contributed by atoms with van der Waals surface area (Å²) in [5, 5.41) is 1.12. The molecule has 0 saturated heterocycles. The smallest absolute Gasteiger partial charge is 0.176 e. The highest BCUT2D eigenvalue weighted by Crippen LogP contribution is 2.36. The third kappa shape index (κ3) is 2.03. The number of fused-ring (bicyclic) bond motifs is 1. The van der Waals surface area contributed by atoms with Crippen LogP contribution in [0.3, 0.4) is 0 Å². The Morgan fingerprint density at radius 1 is 1.35 bits per heavy atom. The maximum absolute atomic E-state index is 5.84. The van der Waals surface area contributed by atoms with Crippen molar-refractivity contribution in [3.63, 3.8) is 0 Å². The molecule has 0 amide bonds. The Hall–Kier alpha value is -1.48. The monoisotopic (exact) mass is 233 g/mol. The molecule has 0 saturated carbocycles. The number of furan rings is 1. The Kier molecular flexibility index (Phi) is 3.38. The number of rotatable bonds is 4. The van der Waals surface area contributed by atoms with Gasteiger partial charge in [0, 0.05) is 10.9 Å². The summed E-state index contributed by atoms with van der Waals surface area (Å²) < 4.78 is 11.4. The number of ether oxygens (including phenoxy) is 1. The summed E-state index contributed by atoms with van der Waals surface area (Å²) >= 11 is 0. The van der Waals surface area contributed by atoms with Crippen molar-refractivity contribution < 1.29 is 9.15 Å². The number of para-hydroxylation sites is 1. The molecular formula is C14H19NO2. The second-order valence-corrected chi connectivity index (χ2v) is 4.36. The molecule has 17 heavy (non-hydrogen) atoms. The Morgan fingerprint density at radius 2 is 2.12 bits per heavy atom. The van der Waals surface area contributed by atoms with Gasteiger partial charge in [0.05, 0.1) is 13.2 Å². The van der Waals surface area contributed by atoms with Gasteiger partial charge in [-0.3, -0.25) is 0 Å². The van der Waals surface area contributed by atoms with Crippen molar-refractivity contribution in [2.75, 3.05) is 6.61 Å². The van der Waals surface area contributed by atoms with Gasteiger partial charge in [-0.05, 0) is 18.9 Å². The van der Waals surface area contributed by atoms with Crippen LogP contribution in [0.15, 0.2) is 22.6 Å². The van der Waals surface area contributed by atoms with E-state index in [1.807, 2.05) is 19.1 Å².